The van der Waals surface area contributed by atoms with Gasteiger partial charge in [-0.1, -0.05) is 6.07 Å². The number of carbonyl (C=O) groups excluding carboxylic acids is 1. The van der Waals surface area contributed by atoms with Crippen LogP contribution < -0.4 is 15.7 Å². The molecule has 30 heavy (non-hydrogen) atoms. The molecule has 10 heteroatoms. The summed E-state index contributed by atoms with van der Waals surface area (Å²) in [5.74, 6) is -0.532. The van der Waals surface area contributed by atoms with E-state index in [0.717, 1.165) is 11.1 Å². The summed E-state index contributed by atoms with van der Waals surface area (Å²) >= 11 is 0. The fourth-order valence-corrected chi connectivity index (χ4v) is 2.88. The lowest BCUT2D eigenvalue weighted by Crippen LogP contribution is -2.25. The van der Waals surface area contributed by atoms with E-state index in [1.165, 1.54) is 25.5 Å². The lowest BCUT2D eigenvalue weighted by molar-refractivity contribution is -0.385. The third kappa shape index (κ3) is 4.32. The number of rotatable bonds is 6. The highest BCUT2D eigenvalue weighted by Gasteiger charge is 2.17. The number of hydrazone groups is 1. The van der Waals surface area contributed by atoms with Gasteiger partial charge < -0.3 is 9.72 Å². The summed E-state index contributed by atoms with van der Waals surface area (Å²) in [4.78, 5) is 41.9. The molecule has 0 aliphatic heterocycles. The first-order valence-electron chi connectivity index (χ1n) is 8.93. The number of benzene rings is 2. The van der Waals surface area contributed by atoms with Crippen molar-refractivity contribution in [1.29, 1.82) is 0 Å². The largest absolute Gasteiger partial charge is 0.490 e. The predicted molar refractivity (Wildman–Crippen MR) is 111 cm³/mol. The van der Waals surface area contributed by atoms with Gasteiger partial charge in [0.25, 0.3) is 5.56 Å². The topological polar surface area (TPSA) is 140 Å². The van der Waals surface area contributed by atoms with Gasteiger partial charge in [-0.3, -0.25) is 19.7 Å². The molecule has 3 aromatic rings. The van der Waals surface area contributed by atoms with Gasteiger partial charge in [0, 0.05) is 11.6 Å². The molecule has 0 unspecified atom stereocenters. The number of aromatic amines is 1. The molecule has 1 amide bonds. The number of aryl methyl sites for hydroxylation is 2. The molecule has 3 rings (SSSR count). The average Bonchev–Trinajstić information content (AvgIpc) is 2.70. The van der Waals surface area contributed by atoms with Crippen LogP contribution in [0.2, 0.25) is 0 Å². The van der Waals surface area contributed by atoms with Gasteiger partial charge >= 0.3 is 5.69 Å². The quantitative estimate of drug-likeness (QED) is 0.363. The summed E-state index contributed by atoms with van der Waals surface area (Å²) in [5.41, 5.74) is 5.23. The van der Waals surface area contributed by atoms with Crippen molar-refractivity contribution in [3.05, 3.63) is 73.2 Å². The van der Waals surface area contributed by atoms with Gasteiger partial charge in [0.1, 0.15) is 5.69 Å². The van der Waals surface area contributed by atoms with Crippen LogP contribution in [-0.2, 0) is 11.2 Å². The van der Waals surface area contributed by atoms with Crippen molar-refractivity contribution in [2.75, 3.05) is 7.11 Å². The first kappa shape index (κ1) is 20.6. The Morgan fingerprint density at radius 2 is 2.07 bits per heavy atom. The van der Waals surface area contributed by atoms with Crippen LogP contribution in [0.3, 0.4) is 0 Å². The summed E-state index contributed by atoms with van der Waals surface area (Å²) in [7, 11) is 1.30. The minimum atomic E-state index is -0.574. The summed E-state index contributed by atoms with van der Waals surface area (Å²) in [6.45, 7) is 3.87. The van der Waals surface area contributed by atoms with Crippen LogP contribution in [0.15, 0.2) is 40.2 Å². The van der Waals surface area contributed by atoms with Crippen molar-refractivity contribution >= 4 is 28.8 Å². The van der Waals surface area contributed by atoms with Gasteiger partial charge in [-0.15, -0.1) is 0 Å². The smallest absolute Gasteiger partial charge is 0.311 e. The van der Waals surface area contributed by atoms with E-state index in [4.69, 9.17) is 4.74 Å². The Balaban J connectivity index is 1.76. The van der Waals surface area contributed by atoms with Crippen LogP contribution in [0, 0.1) is 24.0 Å². The normalized spacial score (nSPS) is 11.0. The van der Waals surface area contributed by atoms with Crippen molar-refractivity contribution in [3.63, 3.8) is 0 Å². The van der Waals surface area contributed by atoms with E-state index in [1.54, 1.807) is 6.07 Å². The standard InChI is InChI=1S/C20H19N5O5/c1-11-7-14-15(8-12(11)2)23-20(27)16(22-14)9-18(26)24-21-10-13-5-4-6-17(25(28)29)19(13)30-3/h4-8,10H,9H2,1-3H3,(H,23,27)(H,24,26). The molecule has 0 saturated heterocycles. The maximum absolute atomic E-state index is 12.2. The third-order valence-corrected chi connectivity index (χ3v) is 4.52. The Hall–Kier alpha value is -4.08. The number of nitro groups is 1. The van der Waals surface area contributed by atoms with E-state index in [1.807, 2.05) is 26.0 Å². The van der Waals surface area contributed by atoms with Crippen LogP contribution in [0.4, 0.5) is 5.69 Å². The Bertz CT molecular complexity index is 1230. The number of hydrogen-bond donors (Lipinski definition) is 2. The van der Waals surface area contributed by atoms with Crippen LogP contribution in [-0.4, -0.2) is 34.1 Å². The van der Waals surface area contributed by atoms with E-state index in [-0.39, 0.29) is 23.6 Å². The Morgan fingerprint density at radius 1 is 1.33 bits per heavy atom. The Labute approximate surface area is 170 Å². The molecule has 0 saturated carbocycles. The SMILES string of the molecule is COc1c(C=NNC(=O)Cc2nc3cc(C)c(C)cc3[nH]c2=O)cccc1[N+](=O)[O-]. The van der Waals surface area contributed by atoms with Crippen LogP contribution >= 0.6 is 0 Å². The number of amides is 1. The number of fused-ring (bicyclic) bond motifs is 1. The number of hydrogen-bond acceptors (Lipinski definition) is 7. The molecule has 1 heterocycles. The molecule has 1 aromatic heterocycles. The van der Waals surface area contributed by atoms with Gasteiger partial charge in [0.2, 0.25) is 11.7 Å². The van der Waals surface area contributed by atoms with E-state index in [9.17, 15) is 19.7 Å². The molecular formula is C20H19N5O5. The van der Waals surface area contributed by atoms with Gasteiger partial charge in [0.05, 0.1) is 35.7 Å². The molecule has 10 nitrogen and oxygen atoms in total. The van der Waals surface area contributed by atoms with Gasteiger partial charge in [0.15, 0.2) is 0 Å². The maximum Gasteiger partial charge on any atom is 0.311 e. The molecular weight excluding hydrogens is 390 g/mol. The lowest BCUT2D eigenvalue weighted by Gasteiger charge is -2.06. The van der Waals surface area contributed by atoms with E-state index >= 15 is 0 Å². The van der Waals surface area contributed by atoms with E-state index < -0.39 is 16.4 Å². The minimum absolute atomic E-state index is 0.0267. The molecule has 0 atom stereocenters. The Morgan fingerprint density at radius 3 is 2.77 bits per heavy atom. The van der Waals surface area contributed by atoms with Crippen molar-refractivity contribution in [3.8, 4) is 5.75 Å². The van der Waals surface area contributed by atoms with Gasteiger partial charge in [-0.25, -0.2) is 10.4 Å². The average molecular weight is 409 g/mol. The van der Waals surface area contributed by atoms with Crippen molar-refractivity contribution in [2.45, 2.75) is 20.3 Å². The number of aromatic nitrogens is 2. The monoisotopic (exact) mass is 409 g/mol. The molecule has 0 aliphatic carbocycles. The number of nitro benzene ring substituents is 1. The molecule has 2 N–H and O–H groups in total. The zero-order valence-corrected chi connectivity index (χ0v) is 16.6. The zero-order valence-electron chi connectivity index (χ0n) is 16.6. The zero-order chi connectivity index (χ0) is 21.8. The van der Waals surface area contributed by atoms with E-state index in [0.29, 0.717) is 16.6 Å². The summed E-state index contributed by atoms with van der Waals surface area (Å²) in [6, 6.07) is 8.01. The van der Waals surface area contributed by atoms with Gasteiger partial charge in [-0.05, 0) is 43.2 Å². The summed E-state index contributed by atoms with van der Waals surface area (Å²) < 4.78 is 5.06. The van der Waals surface area contributed by atoms with Crippen molar-refractivity contribution in [1.82, 2.24) is 15.4 Å². The Kier molecular flexibility index (Phi) is 5.86. The highest BCUT2D eigenvalue weighted by molar-refractivity contribution is 5.87. The summed E-state index contributed by atoms with van der Waals surface area (Å²) in [5, 5.41) is 14.9. The summed E-state index contributed by atoms with van der Waals surface area (Å²) in [6.07, 6.45) is 0.954. The predicted octanol–water partition coefficient (Wildman–Crippen LogP) is 2.15. The number of nitrogens with one attached hydrogen (secondary N) is 2. The van der Waals surface area contributed by atoms with E-state index in [2.05, 4.69) is 20.5 Å². The lowest BCUT2D eigenvalue weighted by atomic mass is 10.1. The molecule has 154 valence electrons. The second kappa shape index (κ2) is 8.52. The van der Waals surface area contributed by atoms with Crippen LogP contribution in [0.25, 0.3) is 11.0 Å². The molecule has 0 aliphatic rings. The second-order valence-corrected chi connectivity index (χ2v) is 6.59. The maximum atomic E-state index is 12.2. The highest BCUT2D eigenvalue weighted by Crippen LogP contribution is 2.29. The molecule has 0 bridgehead atoms. The molecule has 0 fully saturated rings. The van der Waals surface area contributed by atoms with Crippen LogP contribution in [0.1, 0.15) is 22.4 Å². The number of para-hydroxylation sites is 1. The van der Waals surface area contributed by atoms with Crippen molar-refractivity contribution < 1.29 is 14.5 Å². The molecule has 2 aromatic carbocycles. The molecule has 0 spiro atoms. The highest BCUT2D eigenvalue weighted by atomic mass is 16.6. The fraction of sp³-hybridized carbons (Fsp3) is 0.200. The number of methoxy groups -OCH3 is 1. The molecule has 0 radical (unpaired) electrons. The number of ether oxygens (including phenoxy) is 1. The number of nitrogens with zero attached hydrogens (tertiary/aromatic N) is 3. The van der Waals surface area contributed by atoms with Gasteiger partial charge in [-0.2, -0.15) is 5.10 Å². The van der Waals surface area contributed by atoms with Crippen molar-refractivity contribution in [2.24, 2.45) is 5.10 Å². The number of carbonyl (C=O) groups is 1. The number of H-pyrrole nitrogens is 1. The first-order chi connectivity index (χ1) is 14.3. The third-order valence-electron chi connectivity index (χ3n) is 4.52. The first-order valence-corrected chi connectivity index (χ1v) is 8.93. The fourth-order valence-electron chi connectivity index (χ4n) is 2.88. The van der Waals surface area contributed by atoms with Crippen LogP contribution in [0.5, 0.6) is 5.75 Å². The second-order valence-electron chi connectivity index (χ2n) is 6.59. The minimum Gasteiger partial charge on any atom is -0.490 e.